The van der Waals surface area contributed by atoms with Crippen LogP contribution in [0, 0.1) is 3.57 Å². The molecule has 4 aromatic rings. The summed E-state index contributed by atoms with van der Waals surface area (Å²) in [5.41, 5.74) is 6.19. The molecule has 2 aromatic heterocycles. The summed E-state index contributed by atoms with van der Waals surface area (Å²) in [5, 5.41) is 13.5. The Labute approximate surface area is 159 Å². The largest absolute Gasteiger partial charge is 0.338 e. The molecule has 2 N–H and O–H groups in total. The minimum absolute atomic E-state index is 0.343. The average molecular weight is 493 g/mol. The van der Waals surface area contributed by atoms with Gasteiger partial charge in [0.15, 0.2) is 5.65 Å². The third kappa shape index (κ3) is 3.11. The molecular formula is C16H10BrIN6. The molecule has 0 amide bonds. The quantitative estimate of drug-likeness (QED) is 0.253. The molecular weight excluding hydrogens is 483 g/mol. The van der Waals surface area contributed by atoms with E-state index in [1.807, 2.05) is 42.5 Å². The number of anilines is 1. The van der Waals surface area contributed by atoms with E-state index in [-0.39, 0.29) is 0 Å². The van der Waals surface area contributed by atoms with Crippen molar-refractivity contribution in [1.82, 2.24) is 20.2 Å². The molecule has 0 saturated heterocycles. The zero-order valence-corrected chi connectivity index (χ0v) is 15.9. The molecule has 0 aliphatic rings. The van der Waals surface area contributed by atoms with E-state index < -0.39 is 0 Å². The molecule has 0 bridgehead atoms. The third-order valence-electron chi connectivity index (χ3n) is 3.40. The van der Waals surface area contributed by atoms with Gasteiger partial charge < -0.3 is 4.98 Å². The minimum atomic E-state index is 0.343. The summed E-state index contributed by atoms with van der Waals surface area (Å²) in [6.07, 6.45) is 1.72. The Hall–Kier alpha value is -2.07. The first-order chi connectivity index (χ1) is 11.7. The van der Waals surface area contributed by atoms with E-state index in [9.17, 15) is 0 Å². The Morgan fingerprint density at radius 1 is 1.17 bits per heavy atom. The number of hydrogen-bond donors (Lipinski definition) is 2. The van der Waals surface area contributed by atoms with Gasteiger partial charge in [0.1, 0.15) is 5.52 Å². The van der Waals surface area contributed by atoms with Crippen LogP contribution in [0.1, 0.15) is 5.56 Å². The molecule has 0 radical (unpaired) electrons. The van der Waals surface area contributed by atoms with Gasteiger partial charge in [-0.05, 0) is 58.5 Å². The lowest BCUT2D eigenvalue weighted by molar-refractivity contribution is 1.01. The van der Waals surface area contributed by atoms with Crippen molar-refractivity contribution in [2.75, 3.05) is 5.43 Å². The highest BCUT2D eigenvalue weighted by Crippen LogP contribution is 2.25. The first-order valence-corrected chi connectivity index (χ1v) is 8.92. The number of nitrogens with one attached hydrogen (secondary N) is 2. The number of aromatic nitrogens is 4. The first-order valence-electron chi connectivity index (χ1n) is 7.05. The van der Waals surface area contributed by atoms with Crippen molar-refractivity contribution in [2.45, 2.75) is 0 Å². The fraction of sp³-hybridized carbons (Fsp3) is 0. The molecule has 8 heteroatoms. The second-order valence-corrected chi connectivity index (χ2v) is 7.23. The molecule has 0 aliphatic carbocycles. The van der Waals surface area contributed by atoms with Gasteiger partial charge in [-0.25, -0.2) is 5.43 Å². The molecule has 0 spiro atoms. The average Bonchev–Trinajstić information content (AvgIpc) is 2.92. The van der Waals surface area contributed by atoms with Crippen molar-refractivity contribution < 1.29 is 0 Å². The van der Waals surface area contributed by atoms with Crippen LogP contribution in [0.15, 0.2) is 52.0 Å². The lowest BCUT2D eigenvalue weighted by Gasteiger charge is -1.97. The van der Waals surface area contributed by atoms with Gasteiger partial charge in [-0.15, -0.1) is 10.2 Å². The normalized spacial score (nSPS) is 11.6. The number of halogens is 2. The molecule has 0 fully saturated rings. The SMILES string of the molecule is Brc1ccc2[nH]c3nc(N/N=C/c4cccc(I)c4)nnc3c2c1. The number of rotatable bonds is 3. The van der Waals surface area contributed by atoms with E-state index in [0.717, 1.165) is 30.0 Å². The number of hydrazone groups is 1. The fourth-order valence-corrected chi connectivity index (χ4v) is 3.27. The van der Waals surface area contributed by atoms with Crippen LogP contribution < -0.4 is 5.43 Å². The van der Waals surface area contributed by atoms with Crippen LogP contribution >= 0.6 is 38.5 Å². The van der Waals surface area contributed by atoms with Gasteiger partial charge in [-0.3, -0.25) is 0 Å². The second kappa shape index (κ2) is 6.44. The Balaban J connectivity index is 1.62. The number of hydrogen-bond acceptors (Lipinski definition) is 5. The Kier molecular flexibility index (Phi) is 4.15. The highest BCUT2D eigenvalue weighted by molar-refractivity contribution is 14.1. The fourth-order valence-electron chi connectivity index (χ4n) is 2.34. The molecule has 0 saturated carbocycles. The maximum Gasteiger partial charge on any atom is 0.265 e. The zero-order valence-electron chi connectivity index (χ0n) is 12.2. The van der Waals surface area contributed by atoms with Crippen LogP contribution in [0.5, 0.6) is 0 Å². The van der Waals surface area contributed by atoms with Crippen LogP contribution in [0.3, 0.4) is 0 Å². The Morgan fingerprint density at radius 3 is 2.96 bits per heavy atom. The van der Waals surface area contributed by atoms with Crippen molar-refractivity contribution in [3.8, 4) is 0 Å². The second-order valence-electron chi connectivity index (χ2n) is 5.07. The van der Waals surface area contributed by atoms with E-state index in [1.165, 1.54) is 0 Å². The maximum atomic E-state index is 4.42. The van der Waals surface area contributed by atoms with Crippen molar-refractivity contribution in [3.63, 3.8) is 0 Å². The van der Waals surface area contributed by atoms with E-state index in [2.05, 4.69) is 69.2 Å². The molecule has 4 rings (SSSR count). The van der Waals surface area contributed by atoms with Crippen molar-refractivity contribution >= 4 is 72.8 Å². The topological polar surface area (TPSA) is 78.9 Å². The number of nitrogens with zero attached hydrogens (tertiary/aromatic N) is 4. The Morgan fingerprint density at radius 2 is 2.08 bits per heavy atom. The number of benzene rings is 2. The molecule has 0 atom stereocenters. The van der Waals surface area contributed by atoms with Crippen molar-refractivity contribution in [2.24, 2.45) is 5.10 Å². The summed E-state index contributed by atoms with van der Waals surface area (Å²) in [6, 6.07) is 14.0. The van der Waals surface area contributed by atoms with Gasteiger partial charge in [0.05, 0.1) is 6.21 Å². The number of H-pyrrole nitrogens is 1. The summed E-state index contributed by atoms with van der Waals surface area (Å²) >= 11 is 5.73. The molecule has 2 aromatic carbocycles. The van der Waals surface area contributed by atoms with Crippen molar-refractivity contribution in [1.29, 1.82) is 0 Å². The minimum Gasteiger partial charge on any atom is -0.338 e. The smallest absolute Gasteiger partial charge is 0.265 e. The van der Waals surface area contributed by atoms with Gasteiger partial charge >= 0.3 is 0 Å². The maximum absolute atomic E-state index is 4.42. The van der Waals surface area contributed by atoms with E-state index in [4.69, 9.17) is 0 Å². The van der Waals surface area contributed by atoms with Crippen LogP contribution in [0.25, 0.3) is 22.1 Å². The summed E-state index contributed by atoms with van der Waals surface area (Å²) < 4.78 is 2.14. The predicted molar refractivity (Wildman–Crippen MR) is 107 cm³/mol. The highest BCUT2D eigenvalue weighted by Gasteiger charge is 2.09. The van der Waals surface area contributed by atoms with Gasteiger partial charge in [0, 0.05) is 18.9 Å². The molecule has 0 unspecified atom stereocenters. The molecule has 2 heterocycles. The standard InChI is InChI=1S/C16H10BrIN6/c17-10-4-5-13-12(7-10)14-15(20-13)21-16(24-22-14)23-19-8-9-2-1-3-11(18)6-9/h1-8H,(H2,20,21,23,24)/b19-8+. The summed E-state index contributed by atoms with van der Waals surface area (Å²) in [7, 11) is 0. The highest BCUT2D eigenvalue weighted by atomic mass is 127. The predicted octanol–water partition coefficient (Wildman–Crippen LogP) is 4.32. The number of fused-ring (bicyclic) bond motifs is 3. The molecule has 118 valence electrons. The first kappa shape index (κ1) is 15.5. The van der Waals surface area contributed by atoms with Gasteiger partial charge in [0.2, 0.25) is 0 Å². The van der Waals surface area contributed by atoms with Gasteiger partial charge in [0.25, 0.3) is 5.95 Å². The van der Waals surface area contributed by atoms with E-state index >= 15 is 0 Å². The molecule has 6 nitrogen and oxygen atoms in total. The lowest BCUT2D eigenvalue weighted by Crippen LogP contribution is -1.99. The van der Waals surface area contributed by atoms with Crippen LogP contribution in [-0.4, -0.2) is 26.4 Å². The van der Waals surface area contributed by atoms with Crippen molar-refractivity contribution in [3.05, 3.63) is 56.1 Å². The van der Waals surface area contributed by atoms with Gasteiger partial charge in [-0.2, -0.15) is 10.1 Å². The number of aromatic amines is 1. The summed E-state index contributed by atoms with van der Waals surface area (Å²) in [4.78, 5) is 7.65. The van der Waals surface area contributed by atoms with Crippen LogP contribution in [0.2, 0.25) is 0 Å². The Bertz CT molecular complexity index is 1070. The lowest BCUT2D eigenvalue weighted by atomic mass is 10.2. The molecule has 24 heavy (non-hydrogen) atoms. The van der Waals surface area contributed by atoms with E-state index in [1.54, 1.807) is 6.21 Å². The molecule has 0 aliphatic heterocycles. The summed E-state index contributed by atoms with van der Waals surface area (Å²) in [5.74, 6) is 0.343. The zero-order chi connectivity index (χ0) is 16.5. The third-order valence-corrected chi connectivity index (χ3v) is 4.57. The van der Waals surface area contributed by atoms with E-state index in [0.29, 0.717) is 11.6 Å². The van der Waals surface area contributed by atoms with Crippen LogP contribution in [0.4, 0.5) is 5.95 Å². The summed E-state index contributed by atoms with van der Waals surface area (Å²) in [6.45, 7) is 0. The monoisotopic (exact) mass is 492 g/mol. The van der Waals surface area contributed by atoms with Gasteiger partial charge in [-0.1, -0.05) is 28.1 Å². The van der Waals surface area contributed by atoms with Crippen LogP contribution in [-0.2, 0) is 0 Å².